The molecule has 2 aromatic heterocycles. The molecule has 0 bridgehead atoms. The maximum atomic E-state index is 12.7. The lowest BCUT2D eigenvalue weighted by atomic mass is 10.1. The summed E-state index contributed by atoms with van der Waals surface area (Å²) in [5.74, 6) is -0.903. The molecule has 8 heteroatoms. The molecule has 0 saturated carbocycles. The van der Waals surface area contributed by atoms with Gasteiger partial charge in [0.25, 0.3) is 5.91 Å². The van der Waals surface area contributed by atoms with Crippen molar-refractivity contribution in [3.05, 3.63) is 89.9 Å². The maximum Gasteiger partial charge on any atom is 0.356 e. The maximum absolute atomic E-state index is 12.7. The predicted molar refractivity (Wildman–Crippen MR) is 119 cm³/mol. The van der Waals surface area contributed by atoms with Crippen LogP contribution in [0.1, 0.15) is 33.5 Å². The highest BCUT2D eigenvalue weighted by Crippen LogP contribution is 2.23. The first-order valence-corrected chi connectivity index (χ1v) is 10.3. The first kappa shape index (κ1) is 21.0. The Labute approximate surface area is 185 Å². The van der Waals surface area contributed by atoms with Crippen LogP contribution in [0, 0.1) is 0 Å². The van der Waals surface area contributed by atoms with Gasteiger partial charge in [0, 0.05) is 37.0 Å². The molecule has 0 spiro atoms. The highest BCUT2D eigenvalue weighted by Gasteiger charge is 2.19. The number of carbonyl (C=O) groups is 2. The monoisotopic (exact) mass is 429 g/mol. The van der Waals surface area contributed by atoms with Gasteiger partial charge in [0.1, 0.15) is 5.69 Å². The van der Waals surface area contributed by atoms with E-state index in [1.54, 1.807) is 18.7 Å². The summed E-state index contributed by atoms with van der Waals surface area (Å²) in [4.78, 5) is 24.7. The van der Waals surface area contributed by atoms with Gasteiger partial charge in [0.05, 0.1) is 18.0 Å². The van der Waals surface area contributed by atoms with Crippen LogP contribution in [0.4, 0.5) is 0 Å². The van der Waals surface area contributed by atoms with Gasteiger partial charge in [-0.1, -0.05) is 48.5 Å². The van der Waals surface area contributed by atoms with Gasteiger partial charge >= 0.3 is 5.97 Å². The average Bonchev–Trinajstić information content (AvgIpc) is 3.43. The van der Waals surface area contributed by atoms with Gasteiger partial charge in [-0.05, 0) is 19.1 Å². The number of para-hydroxylation sites is 1. The van der Waals surface area contributed by atoms with Crippen LogP contribution in [-0.4, -0.2) is 38.0 Å². The van der Waals surface area contributed by atoms with Crippen molar-refractivity contribution in [2.45, 2.75) is 13.5 Å². The Hall–Kier alpha value is -4.20. The predicted octanol–water partition coefficient (Wildman–Crippen LogP) is 3.38. The Balaban J connectivity index is 1.58. The fourth-order valence-corrected chi connectivity index (χ4v) is 3.33. The number of esters is 1. The van der Waals surface area contributed by atoms with Crippen LogP contribution < -0.4 is 5.32 Å². The van der Waals surface area contributed by atoms with Crippen LogP contribution in [0.15, 0.2) is 72.9 Å². The third-order valence-corrected chi connectivity index (χ3v) is 4.89. The zero-order valence-electron chi connectivity index (χ0n) is 17.9. The van der Waals surface area contributed by atoms with Gasteiger partial charge in [0.15, 0.2) is 5.69 Å². The van der Waals surface area contributed by atoms with E-state index in [1.807, 2.05) is 66.9 Å². The third kappa shape index (κ3) is 4.44. The van der Waals surface area contributed by atoms with Gasteiger partial charge in [-0.25, -0.2) is 9.48 Å². The number of amides is 1. The molecular formula is C24H23N5O3. The molecule has 0 radical (unpaired) electrons. The van der Waals surface area contributed by atoms with E-state index in [0.717, 1.165) is 22.5 Å². The molecule has 8 nitrogen and oxygen atoms in total. The number of aryl methyl sites for hydroxylation is 1. The summed E-state index contributed by atoms with van der Waals surface area (Å²) < 4.78 is 8.14. The van der Waals surface area contributed by atoms with E-state index in [2.05, 4.69) is 10.4 Å². The number of nitrogens with one attached hydrogen (secondary N) is 1. The highest BCUT2D eigenvalue weighted by molar-refractivity contribution is 5.96. The first-order valence-electron chi connectivity index (χ1n) is 10.3. The Morgan fingerprint density at radius 2 is 1.69 bits per heavy atom. The van der Waals surface area contributed by atoms with Crippen molar-refractivity contribution >= 4 is 11.9 Å². The van der Waals surface area contributed by atoms with E-state index < -0.39 is 5.97 Å². The van der Waals surface area contributed by atoms with E-state index in [9.17, 15) is 9.59 Å². The van der Waals surface area contributed by atoms with Crippen molar-refractivity contribution in [3.8, 4) is 16.9 Å². The number of hydrogen-bond donors (Lipinski definition) is 1. The zero-order chi connectivity index (χ0) is 22.5. The average molecular weight is 429 g/mol. The number of aromatic nitrogens is 4. The van der Waals surface area contributed by atoms with Gasteiger partial charge in [-0.15, -0.1) is 0 Å². The van der Waals surface area contributed by atoms with Crippen LogP contribution in [0.3, 0.4) is 0 Å². The number of ether oxygens (including phenoxy) is 1. The molecular weight excluding hydrogens is 406 g/mol. The molecule has 1 amide bonds. The lowest BCUT2D eigenvalue weighted by Crippen LogP contribution is -2.23. The van der Waals surface area contributed by atoms with Gasteiger partial charge in [-0.2, -0.15) is 10.2 Å². The molecule has 2 heterocycles. The van der Waals surface area contributed by atoms with E-state index in [4.69, 9.17) is 9.84 Å². The Morgan fingerprint density at radius 1 is 1.00 bits per heavy atom. The van der Waals surface area contributed by atoms with E-state index in [1.165, 1.54) is 10.7 Å². The smallest absolute Gasteiger partial charge is 0.356 e. The molecule has 0 atom stereocenters. The molecule has 4 rings (SSSR count). The highest BCUT2D eigenvalue weighted by atomic mass is 16.5. The molecule has 0 fully saturated rings. The fourth-order valence-electron chi connectivity index (χ4n) is 3.33. The Kier molecular flexibility index (Phi) is 6.12. The van der Waals surface area contributed by atoms with Crippen LogP contribution in [0.25, 0.3) is 16.9 Å². The van der Waals surface area contributed by atoms with Crippen molar-refractivity contribution < 1.29 is 14.3 Å². The Morgan fingerprint density at radius 3 is 2.38 bits per heavy atom. The van der Waals surface area contributed by atoms with E-state index in [0.29, 0.717) is 0 Å². The molecule has 0 unspecified atom stereocenters. The first-order chi connectivity index (χ1) is 15.6. The number of benzene rings is 2. The van der Waals surface area contributed by atoms with Crippen molar-refractivity contribution in [2.24, 2.45) is 7.05 Å². The van der Waals surface area contributed by atoms with Gasteiger partial charge in [-0.3, -0.25) is 9.48 Å². The van der Waals surface area contributed by atoms with Crippen LogP contribution in [0.5, 0.6) is 0 Å². The molecule has 1 N–H and O–H groups in total. The van der Waals surface area contributed by atoms with Crippen LogP contribution in [0.2, 0.25) is 0 Å². The van der Waals surface area contributed by atoms with Crippen LogP contribution >= 0.6 is 0 Å². The minimum absolute atomic E-state index is 0.146. The molecule has 0 aliphatic heterocycles. The van der Waals surface area contributed by atoms with Crippen molar-refractivity contribution in [2.75, 3.05) is 6.61 Å². The normalized spacial score (nSPS) is 10.7. The van der Waals surface area contributed by atoms with Crippen molar-refractivity contribution in [1.29, 1.82) is 0 Å². The quantitative estimate of drug-likeness (QED) is 0.455. The summed E-state index contributed by atoms with van der Waals surface area (Å²) in [6, 6.07) is 21.0. The van der Waals surface area contributed by atoms with Crippen molar-refractivity contribution in [1.82, 2.24) is 24.9 Å². The minimum atomic E-state index is -0.517. The lowest BCUT2D eigenvalue weighted by molar-refractivity contribution is 0.0513. The summed E-state index contributed by atoms with van der Waals surface area (Å²) >= 11 is 0. The van der Waals surface area contributed by atoms with Crippen LogP contribution in [-0.2, 0) is 18.3 Å². The molecule has 0 saturated heterocycles. The number of nitrogens with zero attached hydrogens (tertiary/aromatic N) is 4. The summed E-state index contributed by atoms with van der Waals surface area (Å²) in [7, 11) is 1.60. The number of rotatable bonds is 7. The lowest BCUT2D eigenvalue weighted by Gasteiger charge is -2.04. The van der Waals surface area contributed by atoms with E-state index >= 15 is 0 Å². The second kappa shape index (κ2) is 9.30. The molecule has 0 aliphatic carbocycles. The molecule has 2 aromatic carbocycles. The number of hydrogen-bond acceptors (Lipinski definition) is 5. The SMILES string of the molecule is CCOC(=O)c1cc(C(=O)NCc2cn(-c3ccccc3)nc2-c2ccccc2)nn1C. The Bertz CT molecular complexity index is 1230. The summed E-state index contributed by atoms with van der Waals surface area (Å²) in [6.07, 6.45) is 1.90. The third-order valence-electron chi connectivity index (χ3n) is 4.89. The second-order valence-electron chi connectivity index (χ2n) is 7.09. The topological polar surface area (TPSA) is 91.0 Å². The zero-order valence-corrected chi connectivity index (χ0v) is 17.9. The molecule has 0 aliphatic rings. The minimum Gasteiger partial charge on any atom is -0.461 e. The van der Waals surface area contributed by atoms with Gasteiger partial charge in [0.2, 0.25) is 0 Å². The molecule has 32 heavy (non-hydrogen) atoms. The summed E-state index contributed by atoms with van der Waals surface area (Å²) in [5, 5.41) is 11.8. The number of carbonyl (C=O) groups excluding carboxylic acids is 2. The molecule has 4 aromatic rings. The molecule has 162 valence electrons. The van der Waals surface area contributed by atoms with Gasteiger partial charge < -0.3 is 10.1 Å². The fraction of sp³-hybridized carbons (Fsp3) is 0.167. The standard InChI is InChI=1S/C24H23N5O3/c1-3-32-24(31)21-14-20(26-28(21)2)23(30)25-15-18-16-29(19-12-8-5-9-13-19)27-22(18)17-10-6-4-7-11-17/h4-14,16H,3,15H2,1-2H3,(H,25,30). The summed E-state index contributed by atoms with van der Waals surface area (Å²) in [6.45, 7) is 2.22. The largest absolute Gasteiger partial charge is 0.461 e. The second-order valence-corrected chi connectivity index (χ2v) is 7.09. The van der Waals surface area contributed by atoms with E-state index in [-0.39, 0.29) is 30.4 Å². The van der Waals surface area contributed by atoms with Crippen molar-refractivity contribution in [3.63, 3.8) is 0 Å². The summed E-state index contributed by atoms with van der Waals surface area (Å²) in [5.41, 5.74) is 3.88.